The number of likely N-dealkylation sites (N-methyl/N-ethyl adjacent to an activating group) is 1. The Morgan fingerprint density at radius 1 is 0.925 bits per heavy atom. The molecule has 9 heteroatoms. The zero-order valence-electron chi connectivity index (χ0n) is 23.5. The number of fused-ring (bicyclic) bond motifs is 1. The molecule has 4 aromatic rings. The highest BCUT2D eigenvalue weighted by molar-refractivity contribution is 5.98. The van der Waals surface area contributed by atoms with E-state index in [2.05, 4.69) is 34.0 Å². The average molecular weight is 546 g/mol. The van der Waals surface area contributed by atoms with Crippen LogP contribution in [0.1, 0.15) is 31.4 Å². The minimum atomic E-state index is -0.163. The highest BCUT2D eigenvalue weighted by atomic mass is 16.5. The quantitative estimate of drug-likeness (QED) is 0.225. The second-order valence-electron chi connectivity index (χ2n) is 10.1. The Labute approximate surface area is 235 Å². The van der Waals surface area contributed by atoms with Crippen molar-refractivity contribution in [1.29, 1.82) is 0 Å². The molecule has 2 aromatic heterocycles. The molecule has 1 saturated heterocycles. The molecule has 1 fully saturated rings. The normalized spacial score (nSPS) is 15.5. The molecule has 40 heavy (non-hydrogen) atoms. The molecule has 1 aliphatic heterocycles. The Morgan fingerprint density at radius 2 is 1.73 bits per heavy atom. The van der Waals surface area contributed by atoms with Gasteiger partial charge in [0.05, 0.1) is 20.3 Å². The molecule has 2 aromatic carbocycles. The van der Waals surface area contributed by atoms with E-state index >= 15 is 0 Å². The number of aromatic nitrogens is 2. The topological polar surface area (TPSA) is 87.6 Å². The fraction of sp³-hybridized carbons (Fsp3) is 0.387. The van der Waals surface area contributed by atoms with Gasteiger partial charge in [-0.1, -0.05) is 25.1 Å². The van der Waals surface area contributed by atoms with Crippen LogP contribution in [0.25, 0.3) is 10.8 Å². The van der Waals surface area contributed by atoms with Gasteiger partial charge in [-0.15, -0.1) is 0 Å². The first-order valence-electron chi connectivity index (χ1n) is 13.9. The van der Waals surface area contributed by atoms with Gasteiger partial charge in [0.25, 0.3) is 0 Å². The van der Waals surface area contributed by atoms with Crippen LogP contribution in [0.4, 0.5) is 5.69 Å². The first-order chi connectivity index (χ1) is 19.5. The van der Waals surface area contributed by atoms with Crippen molar-refractivity contribution in [1.82, 2.24) is 14.2 Å². The van der Waals surface area contributed by atoms with Crippen LogP contribution in [0.15, 0.2) is 72.0 Å². The molecule has 1 aliphatic rings. The lowest BCUT2D eigenvalue weighted by molar-refractivity contribution is 0.171. The maximum atomic E-state index is 11.5. The molecule has 0 bridgehead atoms. The van der Waals surface area contributed by atoms with Gasteiger partial charge in [-0.2, -0.15) is 4.73 Å². The first kappa shape index (κ1) is 27.5. The summed E-state index contributed by atoms with van der Waals surface area (Å²) in [5.41, 5.74) is 2.66. The Bertz CT molecular complexity index is 1500. The zero-order chi connectivity index (χ0) is 28.1. The maximum absolute atomic E-state index is 11.5. The van der Waals surface area contributed by atoms with Gasteiger partial charge in [-0.25, -0.2) is 0 Å². The van der Waals surface area contributed by atoms with E-state index in [-0.39, 0.29) is 11.9 Å². The smallest absolute Gasteiger partial charge is 0.199 e. The largest absolute Gasteiger partial charge is 0.494 e. The van der Waals surface area contributed by atoms with Gasteiger partial charge in [-0.05, 0) is 61.3 Å². The summed E-state index contributed by atoms with van der Waals surface area (Å²) in [5.74, 6) is 1.55. The van der Waals surface area contributed by atoms with Crippen molar-refractivity contribution >= 4 is 16.5 Å². The molecule has 9 nitrogen and oxygen atoms in total. The van der Waals surface area contributed by atoms with Crippen LogP contribution in [0.5, 0.6) is 17.4 Å². The minimum Gasteiger partial charge on any atom is -0.494 e. The van der Waals surface area contributed by atoms with Crippen molar-refractivity contribution in [2.45, 2.75) is 25.8 Å². The number of hydrogen-bond donors (Lipinski definition) is 2. The summed E-state index contributed by atoms with van der Waals surface area (Å²) in [7, 11) is 3.26. The Balaban J connectivity index is 1.50. The number of nitrogens with zero attached hydrogens (tertiary/aromatic N) is 5. The molecular weight excluding hydrogens is 506 g/mol. The molecule has 0 amide bonds. The lowest BCUT2D eigenvalue weighted by Crippen LogP contribution is -2.46. The van der Waals surface area contributed by atoms with E-state index in [0.29, 0.717) is 23.5 Å². The van der Waals surface area contributed by atoms with Gasteiger partial charge in [0.1, 0.15) is 0 Å². The third-order valence-electron chi connectivity index (χ3n) is 7.85. The van der Waals surface area contributed by atoms with Gasteiger partial charge in [0.15, 0.2) is 22.9 Å². The van der Waals surface area contributed by atoms with E-state index in [4.69, 9.17) is 9.47 Å². The zero-order valence-corrected chi connectivity index (χ0v) is 23.5. The molecule has 1 atom stereocenters. The average Bonchev–Trinajstić information content (AvgIpc) is 3.33. The number of aromatic hydroxyl groups is 1. The van der Waals surface area contributed by atoms with Gasteiger partial charge >= 0.3 is 0 Å². The number of pyridine rings is 1. The number of piperazine rings is 1. The number of anilines is 1. The number of ether oxygens (including phenoxy) is 2. The van der Waals surface area contributed by atoms with Crippen molar-refractivity contribution in [3.8, 4) is 17.4 Å². The highest BCUT2D eigenvalue weighted by Gasteiger charge is 2.24. The van der Waals surface area contributed by atoms with E-state index in [1.54, 1.807) is 32.5 Å². The Kier molecular flexibility index (Phi) is 8.50. The molecule has 212 valence electrons. The summed E-state index contributed by atoms with van der Waals surface area (Å²) in [5, 5.41) is 23.4. The Hall–Kier alpha value is -4.11. The summed E-state index contributed by atoms with van der Waals surface area (Å²) in [6.45, 7) is 7.80. The van der Waals surface area contributed by atoms with E-state index in [0.717, 1.165) is 72.3 Å². The molecule has 0 saturated carbocycles. The van der Waals surface area contributed by atoms with Crippen LogP contribution in [0.3, 0.4) is 0 Å². The van der Waals surface area contributed by atoms with Crippen molar-refractivity contribution < 1.29 is 19.8 Å². The van der Waals surface area contributed by atoms with E-state index in [9.17, 15) is 10.3 Å². The molecule has 0 unspecified atom stereocenters. The summed E-state index contributed by atoms with van der Waals surface area (Å²) in [6.07, 6.45) is 5.11. The van der Waals surface area contributed by atoms with Gasteiger partial charge < -0.3 is 34.2 Å². The fourth-order valence-corrected chi connectivity index (χ4v) is 5.60. The fourth-order valence-electron chi connectivity index (χ4n) is 5.60. The predicted octanol–water partition coefficient (Wildman–Crippen LogP) is 4.52. The summed E-state index contributed by atoms with van der Waals surface area (Å²) in [6, 6.07) is 17.3. The molecule has 0 aliphatic carbocycles. The van der Waals surface area contributed by atoms with Crippen molar-refractivity contribution in [3.63, 3.8) is 0 Å². The number of rotatable bonds is 10. The van der Waals surface area contributed by atoms with E-state index < -0.39 is 0 Å². The van der Waals surface area contributed by atoms with Gasteiger partial charge in [0.2, 0.25) is 0 Å². The van der Waals surface area contributed by atoms with Gasteiger partial charge in [0, 0.05) is 61.6 Å². The monoisotopic (exact) mass is 545 g/mol. The van der Waals surface area contributed by atoms with Crippen LogP contribution >= 0.6 is 0 Å². The van der Waals surface area contributed by atoms with Crippen LogP contribution in [0.2, 0.25) is 0 Å². The SMILES string of the molecule is CCN1CCN(c2cccc3c(O)n([C@H](CCCN=c4ccccn4O)c4ccc(OC)c(OC)c4)cc23)CC1. The standard InChI is InChI=1S/C31H39N5O4/c1-4-33-17-19-34(20-18-33)27-10-7-9-24-25(27)22-35(31(24)37)26(23-13-14-28(39-2)29(21-23)40-3)11-8-15-32-30-12-5-6-16-36(30)38/h5-7,9-10,12-14,16,21-22,26,37-38H,4,8,11,15,17-20H2,1-3H3/t26-/m1/s1. The van der Waals surface area contributed by atoms with E-state index in [1.807, 2.05) is 41.0 Å². The number of hydrogen-bond acceptors (Lipinski definition) is 7. The van der Waals surface area contributed by atoms with Crippen molar-refractivity contribution in [2.75, 3.05) is 58.4 Å². The third-order valence-corrected chi connectivity index (χ3v) is 7.85. The predicted molar refractivity (Wildman–Crippen MR) is 157 cm³/mol. The minimum absolute atomic E-state index is 0.163. The second-order valence-corrected chi connectivity index (χ2v) is 10.1. The molecule has 0 radical (unpaired) electrons. The number of benzene rings is 2. The second kappa shape index (κ2) is 12.4. The first-order valence-corrected chi connectivity index (χ1v) is 13.9. The van der Waals surface area contributed by atoms with Gasteiger partial charge in [-0.3, -0.25) is 4.99 Å². The van der Waals surface area contributed by atoms with Crippen LogP contribution < -0.4 is 19.9 Å². The Morgan fingerprint density at radius 3 is 2.45 bits per heavy atom. The summed E-state index contributed by atoms with van der Waals surface area (Å²) in [4.78, 5) is 9.45. The lowest BCUT2D eigenvalue weighted by atomic mass is 10.0. The lowest BCUT2D eigenvalue weighted by Gasteiger charge is -2.35. The van der Waals surface area contributed by atoms with Crippen LogP contribution in [0, 0.1) is 0 Å². The third kappa shape index (κ3) is 5.60. The molecular formula is C31H39N5O4. The molecule has 0 spiro atoms. The summed E-state index contributed by atoms with van der Waals surface area (Å²) < 4.78 is 14.1. The van der Waals surface area contributed by atoms with E-state index in [1.165, 1.54) is 0 Å². The number of methoxy groups -OCH3 is 2. The van der Waals surface area contributed by atoms with Crippen molar-refractivity contribution in [3.05, 3.63) is 78.0 Å². The molecule has 3 heterocycles. The molecule has 2 N–H and O–H groups in total. The molecule has 5 rings (SSSR count). The van der Waals surface area contributed by atoms with Crippen molar-refractivity contribution in [2.24, 2.45) is 4.99 Å². The van der Waals surface area contributed by atoms with Crippen LogP contribution in [-0.4, -0.2) is 78.0 Å². The van der Waals surface area contributed by atoms with Crippen LogP contribution in [-0.2, 0) is 0 Å². The maximum Gasteiger partial charge on any atom is 0.199 e. The summed E-state index contributed by atoms with van der Waals surface area (Å²) >= 11 is 0. The highest BCUT2D eigenvalue weighted by Crippen LogP contribution is 2.40.